The van der Waals surface area contributed by atoms with Crippen molar-refractivity contribution in [2.75, 3.05) is 13.1 Å². The highest BCUT2D eigenvalue weighted by molar-refractivity contribution is 5.81. The maximum absolute atomic E-state index is 11.6. The minimum atomic E-state index is -1.00. The van der Waals surface area contributed by atoms with E-state index in [1.807, 2.05) is 0 Å². The lowest BCUT2D eigenvalue weighted by atomic mass is 10.3. The first-order valence-electron chi connectivity index (χ1n) is 4.95. The Labute approximate surface area is 92.7 Å². The summed E-state index contributed by atoms with van der Waals surface area (Å²) in [7, 11) is 0. The van der Waals surface area contributed by atoms with Gasteiger partial charge in [-0.25, -0.2) is 4.98 Å². The van der Waals surface area contributed by atoms with Crippen LogP contribution < -0.4 is 0 Å². The molecule has 1 aromatic heterocycles. The van der Waals surface area contributed by atoms with Crippen molar-refractivity contribution in [3.05, 3.63) is 12.7 Å². The normalized spacial score (nSPS) is 10.1. The number of hydrogen-bond donors (Lipinski definition) is 1. The van der Waals surface area contributed by atoms with Gasteiger partial charge in [0.1, 0.15) is 19.2 Å². The molecular formula is C9H14N4O3. The number of carbonyl (C=O) groups is 2. The zero-order valence-electron chi connectivity index (χ0n) is 9.04. The molecule has 16 heavy (non-hydrogen) atoms. The molecule has 0 saturated heterocycles. The van der Waals surface area contributed by atoms with Gasteiger partial charge in [0, 0.05) is 13.0 Å². The van der Waals surface area contributed by atoms with Crippen molar-refractivity contribution in [2.45, 2.75) is 19.9 Å². The van der Waals surface area contributed by atoms with Gasteiger partial charge in [0.05, 0.1) is 6.54 Å². The summed E-state index contributed by atoms with van der Waals surface area (Å²) >= 11 is 0. The fourth-order valence-corrected chi connectivity index (χ4v) is 1.26. The Hall–Kier alpha value is -1.92. The van der Waals surface area contributed by atoms with Gasteiger partial charge in [0.15, 0.2) is 0 Å². The Kier molecular flexibility index (Phi) is 4.43. The van der Waals surface area contributed by atoms with Crippen molar-refractivity contribution < 1.29 is 14.7 Å². The minimum Gasteiger partial charge on any atom is -0.480 e. The number of aryl methyl sites for hydroxylation is 1. The summed E-state index contributed by atoms with van der Waals surface area (Å²) in [5.74, 6) is -1.20. The molecule has 1 rings (SSSR count). The van der Waals surface area contributed by atoms with E-state index in [4.69, 9.17) is 5.11 Å². The molecule has 1 heterocycles. The fraction of sp³-hybridized carbons (Fsp3) is 0.556. The Bertz CT molecular complexity index is 350. The van der Waals surface area contributed by atoms with Gasteiger partial charge in [0.25, 0.3) is 0 Å². The first-order valence-corrected chi connectivity index (χ1v) is 4.95. The molecule has 0 aliphatic rings. The molecule has 88 valence electrons. The Morgan fingerprint density at radius 2 is 2.25 bits per heavy atom. The highest BCUT2D eigenvalue weighted by Gasteiger charge is 2.14. The first-order chi connectivity index (χ1) is 7.63. The van der Waals surface area contributed by atoms with Crippen LogP contribution in [-0.2, 0) is 16.1 Å². The van der Waals surface area contributed by atoms with Gasteiger partial charge < -0.3 is 10.0 Å². The van der Waals surface area contributed by atoms with E-state index in [0.29, 0.717) is 13.1 Å². The average Bonchev–Trinajstić information content (AvgIpc) is 2.75. The van der Waals surface area contributed by atoms with Crippen molar-refractivity contribution in [1.82, 2.24) is 19.7 Å². The zero-order chi connectivity index (χ0) is 12.0. The van der Waals surface area contributed by atoms with E-state index in [0.717, 1.165) is 0 Å². The molecule has 0 fully saturated rings. The van der Waals surface area contributed by atoms with Crippen LogP contribution in [0.25, 0.3) is 0 Å². The van der Waals surface area contributed by atoms with Crippen LogP contribution in [0.15, 0.2) is 12.7 Å². The summed E-state index contributed by atoms with van der Waals surface area (Å²) < 4.78 is 1.53. The molecule has 0 atom stereocenters. The summed E-state index contributed by atoms with van der Waals surface area (Å²) in [4.78, 5) is 27.1. The van der Waals surface area contributed by atoms with Crippen LogP contribution in [0.4, 0.5) is 0 Å². The number of hydrogen-bond acceptors (Lipinski definition) is 4. The molecule has 0 aliphatic heterocycles. The second-order valence-corrected chi connectivity index (χ2v) is 3.21. The van der Waals surface area contributed by atoms with Crippen molar-refractivity contribution in [2.24, 2.45) is 0 Å². The Balaban J connectivity index is 2.40. The van der Waals surface area contributed by atoms with Gasteiger partial charge in [-0.3, -0.25) is 14.3 Å². The Morgan fingerprint density at radius 1 is 1.50 bits per heavy atom. The number of amides is 1. The van der Waals surface area contributed by atoms with Gasteiger partial charge >= 0.3 is 5.97 Å². The van der Waals surface area contributed by atoms with Crippen molar-refractivity contribution in [3.63, 3.8) is 0 Å². The summed E-state index contributed by atoms with van der Waals surface area (Å²) in [6.07, 6.45) is 3.13. The number of carbonyl (C=O) groups excluding carboxylic acids is 1. The minimum absolute atomic E-state index is 0.194. The number of likely N-dealkylation sites (N-methyl/N-ethyl adjacent to an activating group) is 1. The summed E-state index contributed by atoms with van der Waals surface area (Å²) in [5.41, 5.74) is 0. The lowest BCUT2D eigenvalue weighted by molar-refractivity contribution is -0.144. The maximum atomic E-state index is 11.6. The number of rotatable bonds is 6. The number of aliphatic carboxylic acids is 1. The molecular weight excluding hydrogens is 212 g/mol. The van der Waals surface area contributed by atoms with Gasteiger partial charge in [-0.1, -0.05) is 0 Å². The third-order valence-corrected chi connectivity index (χ3v) is 2.08. The molecule has 1 aromatic rings. The van der Waals surface area contributed by atoms with E-state index < -0.39 is 5.97 Å². The van der Waals surface area contributed by atoms with Crippen LogP contribution in [0.3, 0.4) is 0 Å². The first kappa shape index (κ1) is 12.2. The van der Waals surface area contributed by atoms with Crippen molar-refractivity contribution in [3.8, 4) is 0 Å². The van der Waals surface area contributed by atoms with Gasteiger partial charge in [0.2, 0.25) is 5.91 Å². The van der Waals surface area contributed by atoms with Gasteiger partial charge in [-0.05, 0) is 6.92 Å². The van der Waals surface area contributed by atoms with Gasteiger partial charge in [-0.2, -0.15) is 5.10 Å². The number of carboxylic acid groups (broad SMARTS) is 1. The molecule has 1 amide bonds. The third-order valence-electron chi connectivity index (χ3n) is 2.08. The highest BCUT2D eigenvalue weighted by atomic mass is 16.4. The molecule has 7 nitrogen and oxygen atoms in total. The molecule has 1 N–H and O–H groups in total. The molecule has 0 unspecified atom stereocenters. The van der Waals surface area contributed by atoms with Crippen molar-refractivity contribution >= 4 is 11.9 Å². The van der Waals surface area contributed by atoms with Crippen LogP contribution in [-0.4, -0.2) is 49.7 Å². The Morgan fingerprint density at radius 3 is 2.75 bits per heavy atom. The van der Waals surface area contributed by atoms with E-state index in [2.05, 4.69) is 10.1 Å². The molecule has 0 bridgehead atoms. The fourth-order valence-electron chi connectivity index (χ4n) is 1.26. The van der Waals surface area contributed by atoms with Crippen molar-refractivity contribution in [1.29, 1.82) is 0 Å². The topological polar surface area (TPSA) is 88.3 Å². The number of carboxylic acids is 1. The molecule has 0 spiro atoms. The number of nitrogens with zero attached hydrogens (tertiary/aromatic N) is 4. The lowest BCUT2D eigenvalue weighted by Crippen LogP contribution is -2.35. The van der Waals surface area contributed by atoms with Crippen LogP contribution in [0, 0.1) is 0 Å². The second-order valence-electron chi connectivity index (χ2n) is 3.21. The van der Waals surface area contributed by atoms with E-state index in [1.54, 1.807) is 6.92 Å². The SMILES string of the molecule is CCN(CC(=O)O)C(=O)CCn1cncn1. The standard InChI is InChI=1S/C9H14N4O3/c1-2-12(5-9(15)16)8(14)3-4-13-7-10-6-11-13/h6-7H,2-5H2,1H3,(H,15,16). The molecule has 7 heteroatoms. The quantitative estimate of drug-likeness (QED) is 0.713. The molecule has 0 aliphatic carbocycles. The van der Waals surface area contributed by atoms with Crippen LogP contribution in [0.1, 0.15) is 13.3 Å². The lowest BCUT2D eigenvalue weighted by Gasteiger charge is -2.18. The molecule has 0 aromatic carbocycles. The predicted molar refractivity (Wildman–Crippen MR) is 54.5 cm³/mol. The average molecular weight is 226 g/mol. The third kappa shape index (κ3) is 3.68. The van der Waals surface area contributed by atoms with Crippen LogP contribution in [0.2, 0.25) is 0 Å². The van der Waals surface area contributed by atoms with E-state index in [1.165, 1.54) is 22.2 Å². The van der Waals surface area contributed by atoms with Crippen LogP contribution in [0.5, 0.6) is 0 Å². The van der Waals surface area contributed by atoms with E-state index in [-0.39, 0.29) is 18.9 Å². The van der Waals surface area contributed by atoms with Crippen LogP contribution >= 0.6 is 0 Å². The summed E-state index contributed by atoms with van der Waals surface area (Å²) in [6, 6.07) is 0. The largest absolute Gasteiger partial charge is 0.480 e. The van der Waals surface area contributed by atoms with Gasteiger partial charge in [-0.15, -0.1) is 0 Å². The summed E-state index contributed by atoms with van der Waals surface area (Å²) in [6.45, 7) is 2.29. The zero-order valence-corrected chi connectivity index (χ0v) is 9.04. The monoisotopic (exact) mass is 226 g/mol. The summed E-state index contributed by atoms with van der Waals surface area (Å²) in [5, 5.41) is 12.4. The van der Waals surface area contributed by atoms with E-state index in [9.17, 15) is 9.59 Å². The number of aromatic nitrogens is 3. The maximum Gasteiger partial charge on any atom is 0.323 e. The van der Waals surface area contributed by atoms with E-state index >= 15 is 0 Å². The predicted octanol–water partition coefficient (Wildman–Crippen LogP) is -0.399. The highest BCUT2D eigenvalue weighted by Crippen LogP contribution is 1.96. The molecule has 0 radical (unpaired) electrons. The second kappa shape index (κ2) is 5.84. The molecule has 0 saturated carbocycles. The smallest absolute Gasteiger partial charge is 0.323 e.